The van der Waals surface area contributed by atoms with Crippen LogP contribution < -0.4 is 19.7 Å². The van der Waals surface area contributed by atoms with E-state index < -0.39 is 0 Å². The summed E-state index contributed by atoms with van der Waals surface area (Å²) in [6, 6.07) is 5.16. The van der Waals surface area contributed by atoms with Crippen LogP contribution in [0.3, 0.4) is 0 Å². The number of amides is 1. The van der Waals surface area contributed by atoms with Crippen LogP contribution in [0.25, 0.3) is 11.0 Å². The zero-order valence-corrected chi connectivity index (χ0v) is 15.3. The van der Waals surface area contributed by atoms with Gasteiger partial charge >= 0.3 is 0 Å². The molecule has 144 valence electrons. The van der Waals surface area contributed by atoms with Crippen LogP contribution in [0.15, 0.2) is 30.7 Å². The Morgan fingerprint density at radius 2 is 2.00 bits per heavy atom. The lowest BCUT2D eigenvalue weighted by Crippen LogP contribution is -2.27. The number of nitrogens with zero attached hydrogens (tertiary/aromatic N) is 5. The van der Waals surface area contributed by atoms with Crippen LogP contribution in [0.2, 0.25) is 0 Å². The molecule has 9 nitrogen and oxygen atoms in total. The summed E-state index contributed by atoms with van der Waals surface area (Å²) in [4.78, 5) is 23.5. The summed E-state index contributed by atoms with van der Waals surface area (Å²) in [5.41, 5.74) is 1.32. The Kier molecular flexibility index (Phi) is 4.19. The SMILES string of the molecule is O=C(NCCn1ncc2c(N3CCCC3)ncnc21)c1ccc2c(c1)OCO2. The van der Waals surface area contributed by atoms with Gasteiger partial charge in [0.05, 0.1) is 18.1 Å². The minimum Gasteiger partial charge on any atom is -0.454 e. The molecule has 0 aliphatic carbocycles. The van der Waals surface area contributed by atoms with Gasteiger partial charge in [-0.25, -0.2) is 14.6 Å². The minimum absolute atomic E-state index is 0.165. The number of benzene rings is 1. The maximum absolute atomic E-state index is 12.4. The third kappa shape index (κ3) is 2.98. The smallest absolute Gasteiger partial charge is 0.251 e. The number of nitrogens with one attached hydrogen (secondary N) is 1. The summed E-state index contributed by atoms with van der Waals surface area (Å²) in [6.45, 7) is 3.18. The third-order valence-electron chi connectivity index (χ3n) is 5.06. The van der Waals surface area contributed by atoms with E-state index in [1.807, 2.05) is 6.20 Å². The predicted molar refractivity (Wildman–Crippen MR) is 102 cm³/mol. The van der Waals surface area contributed by atoms with Crippen LogP contribution in [0.5, 0.6) is 11.5 Å². The average molecular weight is 380 g/mol. The molecule has 4 heterocycles. The van der Waals surface area contributed by atoms with Crippen molar-refractivity contribution in [2.45, 2.75) is 19.4 Å². The number of hydrogen-bond acceptors (Lipinski definition) is 7. The normalized spacial score (nSPS) is 15.4. The molecule has 0 radical (unpaired) electrons. The van der Waals surface area contributed by atoms with Gasteiger partial charge < -0.3 is 19.7 Å². The maximum Gasteiger partial charge on any atom is 0.251 e. The van der Waals surface area contributed by atoms with Gasteiger partial charge in [-0.05, 0) is 31.0 Å². The lowest BCUT2D eigenvalue weighted by molar-refractivity contribution is 0.0951. The molecule has 0 atom stereocenters. The first-order chi connectivity index (χ1) is 13.8. The summed E-state index contributed by atoms with van der Waals surface area (Å²) >= 11 is 0. The second-order valence-corrected chi connectivity index (χ2v) is 6.82. The van der Waals surface area contributed by atoms with Crippen LogP contribution in [-0.4, -0.2) is 52.1 Å². The highest BCUT2D eigenvalue weighted by atomic mass is 16.7. The first kappa shape index (κ1) is 16.8. The van der Waals surface area contributed by atoms with Gasteiger partial charge in [0.15, 0.2) is 17.1 Å². The van der Waals surface area contributed by atoms with E-state index in [4.69, 9.17) is 9.47 Å². The molecule has 1 aromatic carbocycles. The number of ether oxygens (including phenoxy) is 2. The lowest BCUT2D eigenvalue weighted by Gasteiger charge is -2.16. The lowest BCUT2D eigenvalue weighted by atomic mass is 10.2. The standard InChI is InChI=1S/C19H20N6O3/c26-19(13-3-4-15-16(9-13)28-12-27-15)20-5-8-25-18-14(10-23-25)17(21-11-22-18)24-6-1-2-7-24/h3-4,9-11H,1-2,5-8,12H2,(H,20,26). The van der Waals surface area contributed by atoms with Gasteiger partial charge in [0.25, 0.3) is 5.91 Å². The quantitative estimate of drug-likeness (QED) is 0.718. The number of carbonyl (C=O) groups excluding carboxylic acids is 1. The molecule has 0 spiro atoms. The molecule has 0 bridgehead atoms. The van der Waals surface area contributed by atoms with E-state index in [0.29, 0.717) is 30.2 Å². The fourth-order valence-electron chi connectivity index (χ4n) is 3.64. The van der Waals surface area contributed by atoms with Crippen molar-refractivity contribution in [1.82, 2.24) is 25.1 Å². The molecule has 0 saturated carbocycles. The van der Waals surface area contributed by atoms with Crippen LogP contribution in [0.4, 0.5) is 5.82 Å². The van der Waals surface area contributed by atoms with Crippen LogP contribution >= 0.6 is 0 Å². The van der Waals surface area contributed by atoms with Crippen molar-refractivity contribution < 1.29 is 14.3 Å². The van der Waals surface area contributed by atoms with E-state index in [1.165, 1.54) is 12.8 Å². The van der Waals surface area contributed by atoms with Crippen molar-refractivity contribution >= 4 is 22.8 Å². The summed E-state index contributed by atoms with van der Waals surface area (Å²) in [6.07, 6.45) is 5.76. The number of anilines is 1. The number of hydrogen-bond donors (Lipinski definition) is 1. The summed E-state index contributed by atoms with van der Waals surface area (Å²) in [5, 5.41) is 8.31. The Labute approximate surface area is 161 Å². The molecule has 9 heteroatoms. The van der Waals surface area contributed by atoms with Gasteiger partial charge in [-0.15, -0.1) is 0 Å². The fraction of sp³-hybridized carbons (Fsp3) is 0.368. The van der Waals surface area contributed by atoms with E-state index >= 15 is 0 Å². The molecule has 1 N–H and O–H groups in total. The fourth-order valence-corrected chi connectivity index (χ4v) is 3.64. The molecule has 2 aliphatic heterocycles. The van der Waals surface area contributed by atoms with Crippen molar-refractivity contribution in [3.05, 3.63) is 36.3 Å². The van der Waals surface area contributed by atoms with E-state index in [0.717, 1.165) is 29.9 Å². The van der Waals surface area contributed by atoms with Gasteiger partial charge in [-0.2, -0.15) is 5.10 Å². The van der Waals surface area contributed by atoms with Crippen molar-refractivity contribution in [3.63, 3.8) is 0 Å². The number of aromatic nitrogens is 4. The molecule has 1 saturated heterocycles. The molecule has 3 aromatic rings. The molecule has 2 aliphatic rings. The van der Waals surface area contributed by atoms with Crippen LogP contribution in [0, 0.1) is 0 Å². The molecule has 28 heavy (non-hydrogen) atoms. The summed E-state index contributed by atoms with van der Waals surface area (Å²) in [7, 11) is 0. The zero-order chi connectivity index (χ0) is 18.9. The second-order valence-electron chi connectivity index (χ2n) is 6.82. The number of rotatable bonds is 5. The van der Waals surface area contributed by atoms with Gasteiger partial charge in [0, 0.05) is 25.2 Å². The average Bonchev–Trinajstić information content (AvgIpc) is 3.47. The van der Waals surface area contributed by atoms with Crippen molar-refractivity contribution in [2.75, 3.05) is 31.3 Å². The first-order valence-electron chi connectivity index (χ1n) is 9.39. The highest BCUT2D eigenvalue weighted by Crippen LogP contribution is 2.32. The zero-order valence-electron chi connectivity index (χ0n) is 15.3. The topological polar surface area (TPSA) is 94.4 Å². The maximum atomic E-state index is 12.4. The highest BCUT2D eigenvalue weighted by molar-refractivity contribution is 5.95. The summed E-state index contributed by atoms with van der Waals surface area (Å²) < 4.78 is 12.4. The van der Waals surface area contributed by atoms with Gasteiger partial charge in [0.2, 0.25) is 6.79 Å². The van der Waals surface area contributed by atoms with Crippen LogP contribution in [0.1, 0.15) is 23.2 Å². The largest absolute Gasteiger partial charge is 0.454 e. The van der Waals surface area contributed by atoms with Gasteiger partial charge in [-0.3, -0.25) is 4.79 Å². The van der Waals surface area contributed by atoms with E-state index in [1.54, 1.807) is 29.2 Å². The Balaban J connectivity index is 1.26. The van der Waals surface area contributed by atoms with Gasteiger partial charge in [-0.1, -0.05) is 0 Å². The Bertz CT molecular complexity index is 1030. The Morgan fingerprint density at radius 1 is 1.14 bits per heavy atom. The Hall–Kier alpha value is -3.36. The second kappa shape index (κ2) is 6.99. The van der Waals surface area contributed by atoms with E-state index in [2.05, 4.69) is 25.3 Å². The van der Waals surface area contributed by atoms with Crippen LogP contribution in [-0.2, 0) is 6.54 Å². The molecular formula is C19H20N6O3. The monoisotopic (exact) mass is 380 g/mol. The molecular weight excluding hydrogens is 360 g/mol. The van der Waals surface area contributed by atoms with E-state index in [9.17, 15) is 4.79 Å². The minimum atomic E-state index is -0.165. The molecule has 2 aromatic heterocycles. The van der Waals surface area contributed by atoms with Crippen molar-refractivity contribution in [3.8, 4) is 11.5 Å². The molecule has 1 fully saturated rings. The summed E-state index contributed by atoms with van der Waals surface area (Å²) in [5.74, 6) is 2.03. The number of fused-ring (bicyclic) bond motifs is 2. The van der Waals surface area contributed by atoms with Crippen molar-refractivity contribution in [1.29, 1.82) is 0 Å². The van der Waals surface area contributed by atoms with E-state index in [-0.39, 0.29) is 12.7 Å². The third-order valence-corrected chi connectivity index (χ3v) is 5.06. The number of carbonyl (C=O) groups is 1. The highest BCUT2D eigenvalue weighted by Gasteiger charge is 2.19. The molecule has 0 unspecified atom stereocenters. The predicted octanol–water partition coefficient (Wildman–Crippen LogP) is 1.59. The Morgan fingerprint density at radius 3 is 2.89 bits per heavy atom. The first-order valence-corrected chi connectivity index (χ1v) is 9.39. The molecule has 1 amide bonds. The van der Waals surface area contributed by atoms with Crippen molar-refractivity contribution in [2.24, 2.45) is 0 Å². The van der Waals surface area contributed by atoms with Gasteiger partial charge in [0.1, 0.15) is 12.1 Å². The molecule has 5 rings (SSSR count).